The fourth-order valence-corrected chi connectivity index (χ4v) is 1.44. The first-order valence-electron chi connectivity index (χ1n) is 3.51. The molecule has 0 saturated heterocycles. The molecule has 1 nitrogen and oxygen atoms in total. The number of hydrogen-bond acceptors (Lipinski definition) is 1. The minimum absolute atomic E-state index is 0.0551. The molecule has 0 fully saturated rings. The fraction of sp³-hybridized carbons (Fsp3) is 0. The van der Waals surface area contributed by atoms with Gasteiger partial charge in [0, 0.05) is 10.6 Å². The van der Waals surface area contributed by atoms with Crippen LogP contribution in [-0.2, 0) is 0 Å². The van der Waals surface area contributed by atoms with E-state index in [4.69, 9.17) is 23.2 Å². The number of aldehydes is 1. The summed E-state index contributed by atoms with van der Waals surface area (Å²) in [6.07, 6.45) is 0.349. The lowest BCUT2D eigenvalue weighted by Crippen LogP contribution is -2.35. The molecule has 0 aliphatic carbocycles. The molecule has 7 heteroatoms. The second kappa shape index (κ2) is 3.83. The van der Waals surface area contributed by atoms with Gasteiger partial charge in [-0.3, -0.25) is 4.79 Å². The first kappa shape index (κ1) is 11.4. The third kappa shape index (κ3) is 2.04. The smallest absolute Gasteiger partial charge is 0.445 e. The maximum absolute atomic E-state index is 12.3. The van der Waals surface area contributed by atoms with E-state index < -0.39 is 17.5 Å². The third-order valence-electron chi connectivity index (χ3n) is 1.62. The number of carbonyl (C=O) groups is 1. The van der Waals surface area contributed by atoms with Crippen molar-refractivity contribution in [3.8, 4) is 0 Å². The molecule has 0 aliphatic heterocycles. The highest BCUT2D eigenvalue weighted by Crippen LogP contribution is 2.26. The normalized spacial score (nSPS) is 11.5. The van der Waals surface area contributed by atoms with E-state index in [1.54, 1.807) is 0 Å². The van der Waals surface area contributed by atoms with E-state index in [1.165, 1.54) is 0 Å². The van der Waals surface area contributed by atoms with Gasteiger partial charge in [0.25, 0.3) is 0 Å². The maximum atomic E-state index is 12.3. The minimum atomic E-state index is -5.20. The maximum Gasteiger partial charge on any atom is 0.511 e. The average molecular weight is 242 g/mol. The monoisotopic (exact) mass is 241 g/mol. The molecule has 0 N–H and O–H groups in total. The summed E-state index contributed by atoms with van der Waals surface area (Å²) in [6, 6.07) is 1.74. The van der Waals surface area contributed by atoms with Gasteiger partial charge in [0.1, 0.15) is 0 Å². The van der Waals surface area contributed by atoms with E-state index in [2.05, 4.69) is 0 Å². The molecule has 76 valence electrons. The van der Waals surface area contributed by atoms with Crippen molar-refractivity contribution in [3.05, 3.63) is 27.7 Å². The zero-order chi connectivity index (χ0) is 10.9. The fourth-order valence-electron chi connectivity index (χ4n) is 0.923. The first-order chi connectivity index (χ1) is 6.38. The third-order valence-corrected chi connectivity index (χ3v) is 2.53. The van der Waals surface area contributed by atoms with Gasteiger partial charge in [0.15, 0.2) is 6.29 Å². The Balaban J connectivity index is 3.38. The van der Waals surface area contributed by atoms with Crippen molar-refractivity contribution in [2.45, 2.75) is 0 Å². The van der Waals surface area contributed by atoms with Crippen LogP contribution < -0.4 is 5.46 Å². The summed E-state index contributed by atoms with van der Waals surface area (Å²) < 4.78 is 36.9. The Hall–Kier alpha value is -0.675. The van der Waals surface area contributed by atoms with Gasteiger partial charge in [-0.2, -0.15) is 0 Å². The molecule has 0 unspecified atom stereocenters. The summed E-state index contributed by atoms with van der Waals surface area (Å²) >= 11 is 10.8. The predicted octanol–water partition coefficient (Wildman–Crippen LogP) is 2.86. The number of hydrogen-bond donors (Lipinski definition) is 0. The summed E-state index contributed by atoms with van der Waals surface area (Å²) in [6.45, 7) is -5.20. The first-order valence-corrected chi connectivity index (χ1v) is 4.26. The van der Waals surface area contributed by atoms with Crippen molar-refractivity contribution in [1.29, 1.82) is 0 Å². The van der Waals surface area contributed by atoms with Gasteiger partial charge in [-0.1, -0.05) is 40.8 Å². The Kier molecular flexibility index (Phi) is 3.12. The van der Waals surface area contributed by atoms with Crippen LogP contribution in [0.15, 0.2) is 12.1 Å². The van der Waals surface area contributed by atoms with Crippen LogP contribution >= 0.6 is 23.2 Å². The van der Waals surface area contributed by atoms with E-state index in [9.17, 15) is 17.7 Å². The summed E-state index contributed by atoms with van der Waals surface area (Å²) in [5.74, 6) is 0. The summed E-state index contributed by atoms with van der Waals surface area (Å²) in [5.41, 5.74) is -1.04. The number of rotatable bonds is 2. The molecule has 0 radical (unpaired) electrons. The summed E-state index contributed by atoms with van der Waals surface area (Å²) in [5, 5.41) is -0.984. The molecule has 1 aromatic carbocycles. The van der Waals surface area contributed by atoms with Crippen LogP contribution in [0.2, 0.25) is 10.0 Å². The minimum Gasteiger partial charge on any atom is -0.445 e. The zero-order valence-corrected chi connectivity index (χ0v) is 8.12. The molecular weight excluding hydrogens is 239 g/mol. The van der Waals surface area contributed by atoms with E-state index in [0.29, 0.717) is 6.29 Å². The topological polar surface area (TPSA) is 17.1 Å². The van der Waals surface area contributed by atoms with Crippen LogP contribution in [0.5, 0.6) is 0 Å². The molecule has 0 spiro atoms. The number of benzene rings is 1. The highest BCUT2D eigenvalue weighted by atomic mass is 35.5. The average Bonchev–Trinajstić information content (AvgIpc) is 2.07. The largest absolute Gasteiger partial charge is 0.511 e. The van der Waals surface area contributed by atoms with Crippen LogP contribution in [0.3, 0.4) is 0 Å². The van der Waals surface area contributed by atoms with Crippen molar-refractivity contribution in [2.24, 2.45) is 0 Å². The molecule has 0 amide bonds. The molecule has 1 aromatic rings. The highest BCUT2D eigenvalue weighted by molar-refractivity contribution is 6.76. The Morgan fingerprint density at radius 2 is 1.71 bits per heavy atom. The van der Waals surface area contributed by atoms with Crippen LogP contribution in [0.25, 0.3) is 0 Å². The number of carbonyl (C=O) groups excluding carboxylic acids is 1. The van der Waals surface area contributed by atoms with E-state index in [1.807, 2.05) is 0 Å². The number of halogens is 5. The molecule has 14 heavy (non-hydrogen) atoms. The van der Waals surface area contributed by atoms with E-state index in [-0.39, 0.29) is 10.6 Å². The second-order valence-electron chi connectivity index (χ2n) is 2.56. The summed E-state index contributed by atoms with van der Waals surface area (Å²) in [7, 11) is 0. The quantitative estimate of drug-likeness (QED) is 0.575. The van der Waals surface area contributed by atoms with Crippen molar-refractivity contribution in [1.82, 2.24) is 0 Å². The van der Waals surface area contributed by atoms with Gasteiger partial charge in [-0.15, -0.1) is 0 Å². The van der Waals surface area contributed by atoms with Gasteiger partial charge in [-0.05, 0) is 0 Å². The molecule has 0 atom stereocenters. The molecular formula is C7H3BCl2F3O-. The molecule has 0 heterocycles. The van der Waals surface area contributed by atoms with Crippen LogP contribution in [-0.4, -0.2) is 13.3 Å². The molecule has 0 bridgehead atoms. The van der Waals surface area contributed by atoms with Crippen molar-refractivity contribution >= 4 is 41.9 Å². The molecule has 0 aliphatic rings. The van der Waals surface area contributed by atoms with E-state index in [0.717, 1.165) is 12.1 Å². The van der Waals surface area contributed by atoms with Crippen LogP contribution in [0.1, 0.15) is 10.4 Å². The summed E-state index contributed by atoms with van der Waals surface area (Å²) in [4.78, 5) is 10.3. The lowest BCUT2D eigenvalue weighted by atomic mass is 9.80. The van der Waals surface area contributed by atoms with Gasteiger partial charge in [0.05, 0.1) is 5.02 Å². The Morgan fingerprint density at radius 3 is 2.14 bits per heavy atom. The van der Waals surface area contributed by atoms with Gasteiger partial charge >= 0.3 is 6.98 Å². The van der Waals surface area contributed by atoms with Gasteiger partial charge in [0.2, 0.25) is 0 Å². The SMILES string of the molecule is O=Cc1ccc([B-](F)(F)F)c(Cl)c1Cl. The second-order valence-corrected chi connectivity index (χ2v) is 3.32. The lowest BCUT2D eigenvalue weighted by molar-refractivity contribution is 0.112. The predicted molar refractivity (Wildman–Crippen MR) is 50.6 cm³/mol. The molecule has 1 rings (SSSR count). The Morgan fingerprint density at radius 1 is 1.14 bits per heavy atom. The van der Waals surface area contributed by atoms with Crippen LogP contribution in [0.4, 0.5) is 12.9 Å². The van der Waals surface area contributed by atoms with Crippen LogP contribution in [0, 0.1) is 0 Å². The Bertz CT molecular complexity index is 378. The van der Waals surface area contributed by atoms with Crippen molar-refractivity contribution in [3.63, 3.8) is 0 Å². The standard InChI is InChI=1S/C7H3BCl2F3O/c9-6-4(3-14)1-2-5(7(6)10)8(11,12)13/h1-3H/q-1. The van der Waals surface area contributed by atoms with Crippen molar-refractivity contribution < 1.29 is 17.7 Å². The zero-order valence-electron chi connectivity index (χ0n) is 6.61. The van der Waals surface area contributed by atoms with Crippen molar-refractivity contribution in [2.75, 3.05) is 0 Å². The highest BCUT2D eigenvalue weighted by Gasteiger charge is 2.29. The van der Waals surface area contributed by atoms with Gasteiger partial charge in [-0.25, -0.2) is 0 Å². The molecule has 0 aromatic heterocycles. The molecule has 0 saturated carbocycles. The lowest BCUT2D eigenvalue weighted by Gasteiger charge is -2.17. The van der Waals surface area contributed by atoms with Gasteiger partial charge < -0.3 is 12.9 Å². The Labute approximate surface area is 87.9 Å². The van der Waals surface area contributed by atoms with E-state index >= 15 is 0 Å².